The molecule has 15 nitrogen and oxygen atoms in total. The number of anilines is 1. The van der Waals surface area contributed by atoms with E-state index in [-0.39, 0.29) is 35.4 Å². The van der Waals surface area contributed by atoms with Gasteiger partial charge >= 0.3 is 11.9 Å². The maximum Gasteiger partial charge on any atom is 0.353 e. The number of thiazole rings is 1. The van der Waals surface area contributed by atoms with Gasteiger partial charge in [0.05, 0.1) is 11.0 Å². The van der Waals surface area contributed by atoms with E-state index < -0.39 is 46.4 Å². The number of benzene rings is 1. The summed E-state index contributed by atoms with van der Waals surface area (Å²) in [4.78, 5) is 68.2. The molecule has 38 heavy (non-hydrogen) atoms. The normalized spacial score (nSPS) is 17.0. The van der Waals surface area contributed by atoms with Crippen LogP contribution in [0.2, 0.25) is 0 Å². The molecular formula is C22H24N6O9S. The number of aromatic nitrogens is 1. The second kappa shape index (κ2) is 11.6. The van der Waals surface area contributed by atoms with Crippen molar-refractivity contribution in [3.63, 3.8) is 0 Å². The van der Waals surface area contributed by atoms with Crippen LogP contribution in [0.25, 0.3) is 0 Å². The molecule has 2 aromatic rings. The molecule has 0 spiro atoms. The summed E-state index contributed by atoms with van der Waals surface area (Å²) in [6.07, 6.45) is 0. The standard InChI is InChI=1S/C22H24N6O9S/c1-11(29)35-9-14-16(18(30)24-14)26-19(31)17(15-10-38-21(23)25-15)27-37-22(2,3)20(32)36-8-12-4-6-13(7-5-12)28(33)34/h4-7,10,14,16H,8-9H2,1-3H3,(H2,23,25)(H,24,30)(H,26,31). The Morgan fingerprint density at radius 2 is 1.95 bits per heavy atom. The van der Waals surface area contributed by atoms with Crippen molar-refractivity contribution in [3.8, 4) is 0 Å². The first-order valence-electron chi connectivity index (χ1n) is 11.0. The molecule has 2 heterocycles. The zero-order chi connectivity index (χ0) is 28.0. The maximum atomic E-state index is 13.0. The van der Waals surface area contributed by atoms with E-state index >= 15 is 0 Å². The number of amides is 2. The van der Waals surface area contributed by atoms with Gasteiger partial charge in [0.1, 0.15) is 24.9 Å². The Bertz CT molecular complexity index is 1270. The highest BCUT2D eigenvalue weighted by Crippen LogP contribution is 2.18. The number of rotatable bonds is 11. The highest BCUT2D eigenvalue weighted by atomic mass is 32.1. The van der Waals surface area contributed by atoms with Gasteiger partial charge in [-0.1, -0.05) is 5.16 Å². The summed E-state index contributed by atoms with van der Waals surface area (Å²) in [5.74, 6) is -2.73. The molecule has 0 bridgehead atoms. The number of nitrogen functional groups attached to an aromatic ring is 1. The number of nitrogens with one attached hydrogen (secondary N) is 2. The molecule has 2 atom stereocenters. The van der Waals surface area contributed by atoms with Crippen molar-refractivity contribution in [2.24, 2.45) is 5.16 Å². The average Bonchev–Trinajstić information content (AvgIpc) is 3.29. The lowest BCUT2D eigenvalue weighted by molar-refractivity contribution is -0.384. The summed E-state index contributed by atoms with van der Waals surface area (Å²) in [6.45, 7) is 3.58. The molecule has 1 aromatic heterocycles. The van der Waals surface area contributed by atoms with Gasteiger partial charge in [0.25, 0.3) is 11.6 Å². The largest absolute Gasteiger partial charge is 0.464 e. The molecule has 1 aliphatic heterocycles. The number of nitro groups is 1. The van der Waals surface area contributed by atoms with Crippen LogP contribution in [-0.4, -0.2) is 63.7 Å². The minimum atomic E-state index is -1.67. The Morgan fingerprint density at radius 3 is 2.50 bits per heavy atom. The maximum absolute atomic E-state index is 13.0. The molecule has 1 aromatic carbocycles. The minimum absolute atomic E-state index is 0.0383. The van der Waals surface area contributed by atoms with Crippen molar-refractivity contribution in [1.82, 2.24) is 15.6 Å². The number of nitrogens with zero attached hydrogens (tertiary/aromatic N) is 3. The second-order valence-corrected chi connectivity index (χ2v) is 9.37. The van der Waals surface area contributed by atoms with E-state index in [0.29, 0.717) is 5.56 Å². The number of nitro benzene ring substituents is 1. The van der Waals surface area contributed by atoms with E-state index in [2.05, 4.69) is 20.8 Å². The summed E-state index contributed by atoms with van der Waals surface area (Å²) in [5, 5.41) is 21.2. The Kier molecular flexibility index (Phi) is 8.57. The van der Waals surface area contributed by atoms with E-state index in [1.165, 1.54) is 50.4 Å². The average molecular weight is 549 g/mol. The molecule has 0 radical (unpaired) electrons. The van der Waals surface area contributed by atoms with Gasteiger partial charge in [-0.15, -0.1) is 11.3 Å². The summed E-state index contributed by atoms with van der Waals surface area (Å²) in [6, 6.07) is 3.78. The highest BCUT2D eigenvalue weighted by Gasteiger charge is 2.42. The van der Waals surface area contributed by atoms with Crippen molar-refractivity contribution < 1.29 is 38.4 Å². The van der Waals surface area contributed by atoms with Crippen LogP contribution in [-0.2, 0) is 40.1 Å². The third-order valence-electron chi connectivity index (χ3n) is 5.12. The number of carbonyl (C=O) groups excluding carboxylic acids is 4. The fourth-order valence-electron chi connectivity index (χ4n) is 3.00. The third-order valence-corrected chi connectivity index (χ3v) is 5.79. The van der Waals surface area contributed by atoms with Gasteiger partial charge in [-0.2, -0.15) is 0 Å². The monoisotopic (exact) mass is 548 g/mol. The van der Waals surface area contributed by atoms with Gasteiger partial charge in [0.15, 0.2) is 10.8 Å². The molecule has 0 saturated carbocycles. The number of esters is 2. The lowest BCUT2D eigenvalue weighted by Gasteiger charge is -2.36. The molecular weight excluding hydrogens is 524 g/mol. The number of ether oxygens (including phenoxy) is 2. The van der Waals surface area contributed by atoms with Gasteiger partial charge in [0.2, 0.25) is 11.5 Å². The molecule has 4 N–H and O–H groups in total. The van der Waals surface area contributed by atoms with Crippen LogP contribution in [0.4, 0.5) is 10.8 Å². The van der Waals surface area contributed by atoms with E-state index in [4.69, 9.17) is 20.0 Å². The van der Waals surface area contributed by atoms with Crippen molar-refractivity contribution in [2.75, 3.05) is 12.3 Å². The Morgan fingerprint density at radius 1 is 1.26 bits per heavy atom. The van der Waals surface area contributed by atoms with Crippen LogP contribution in [0.3, 0.4) is 0 Å². The van der Waals surface area contributed by atoms with E-state index in [1.807, 2.05) is 0 Å². The Labute approximate surface area is 219 Å². The summed E-state index contributed by atoms with van der Waals surface area (Å²) < 4.78 is 10.1. The smallest absolute Gasteiger partial charge is 0.353 e. The number of oxime groups is 1. The van der Waals surface area contributed by atoms with Gasteiger partial charge < -0.3 is 30.7 Å². The number of nitrogens with two attached hydrogens (primary N) is 1. The topological polar surface area (TPSA) is 214 Å². The van der Waals surface area contributed by atoms with Crippen molar-refractivity contribution >= 4 is 51.6 Å². The van der Waals surface area contributed by atoms with E-state index in [1.54, 1.807) is 0 Å². The van der Waals surface area contributed by atoms with Crippen LogP contribution in [0.5, 0.6) is 0 Å². The summed E-state index contributed by atoms with van der Waals surface area (Å²) in [5.41, 5.74) is 4.08. The Hall–Kier alpha value is -4.60. The summed E-state index contributed by atoms with van der Waals surface area (Å²) >= 11 is 1.03. The molecule has 3 rings (SSSR count). The van der Waals surface area contributed by atoms with Gasteiger partial charge in [-0.05, 0) is 31.5 Å². The predicted octanol–water partition coefficient (Wildman–Crippen LogP) is 0.423. The van der Waals surface area contributed by atoms with Crippen LogP contribution in [0.1, 0.15) is 32.0 Å². The molecule has 2 unspecified atom stereocenters. The SMILES string of the molecule is CC(=O)OCC1NC(=O)C1NC(=O)C(=NOC(C)(C)C(=O)OCc1ccc([N+](=O)[O-])cc1)c1csc(N)n1. The number of non-ortho nitro benzene ring substituents is 1. The fraction of sp³-hybridized carbons (Fsp3) is 0.364. The number of hydrogen-bond acceptors (Lipinski definition) is 13. The van der Waals surface area contributed by atoms with Crippen LogP contribution < -0.4 is 16.4 Å². The first-order valence-corrected chi connectivity index (χ1v) is 11.9. The first-order chi connectivity index (χ1) is 17.9. The minimum Gasteiger partial charge on any atom is -0.464 e. The predicted molar refractivity (Wildman–Crippen MR) is 132 cm³/mol. The van der Waals surface area contributed by atoms with E-state index in [0.717, 1.165) is 11.3 Å². The zero-order valence-corrected chi connectivity index (χ0v) is 21.3. The van der Waals surface area contributed by atoms with Gasteiger partial charge in [0, 0.05) is 24.4 Å². The lowest BCUT2D eigenvalue weighted by atomic mass is 9.99. The fourth-order valence-corrected chi connectivity index (χ4v) is 3.55. The van der Waals surface area contributed by atoms with Gasteiger partial charge in [-0.25, -0.2) is 9.78 Å². The molecule has 0 aliphatic carbocycles. The first kappa shape index (κ1) is 28.0. The molecule has 1 saturated heterocycles. The number of hydrogen-bond donors (Lipinski definition) is 3. The van der Waals surface area contributed by atoms with Crippen molar-refractivity contribution in [3.05, 3.63) is 51.0 Å². The molecule has 2 amide bonds. The number of carbonyl (C=O) groups is 4. The van der Waals surface area contributed by atoms with Crippen LogP contribution in [0.15, 0.2) is 34.8 Å². The highest BCUT2D eigenvalue weighted by molar-refractivity contribution is 7.13. The van der Waals surface area contributed by atoms with Crippen molar-refractivity contribution in [2.45, 2.75) is 45.1 Å². The van der Waals surface area contributed by atoms with Gasteiger partial charge in [-0.3, -0.25) is 24.5 Å². The van der Waals surface area contributed by atoms with Crippen molar-refractivity contribution in [1.29, 1.82) is 0 Å². The van der Waals surface area contributed by atoms with Crippen LogP contribution in [0, 0.1) is 10.1 Å². The quantitative estimate of drug-likeness (QED) is 0.115. The summed E-state index contributed by atoms with van der Waals surface area (Å²) in [7, 11) is 0. The second-order valence-electron chi connectivity index (χ2n) is 8.48. The Balaban J connectivity index is 1.69. The molecule has 16 heteroatoms. The molecule has 1 fully saturated rings. The van der Waals surface area contributed by atoms with Crippen LogP contribution >= 0.6 is 11.3 Å². The molecule has 202 valence electrons. The third kappa shape index (κ3) is 7.00. The number of β-lactam (4-membered cyclic amide) rings is 1. The zero-order valence-electron chi connectivity index (χ0n) is 20.5. The van der Waals surface area contributed by atoms with E-state index in [9.17, 15) is 29.3 Å². The lowest BCUT2D eigenvalue weighted by Crippen LogP contribution is -2.71. The molecule has 1 aliphatic rings.